The normalized spacial score (nSPS) is 11.8. The van der Waals surface area contributed by atoms with Gasteiger partial charge >= 0.3 is 0 Å². The lowest BCUT2D eigenvalue weighted by molar-refractivity contribution is 0.416. The zero-order chi connectivity index (χ0) is 30.4. The van der Waals surface area contributed by atoms with Gasteiger partial charge in [-0.1, -0.05) is 0 Å². The van der Waals surface area contributed by atoms with Crippen LogP contribution in [0, 0.1) is 87.3 Å². The van der Waals surface area contributed by atoms with Crippen molar-refractivity contribution >= 4 is 21.5 Å². The summed E-state index contributed by atoms with van der Waals surface area (Å²) in [6, 6.07) is -0.676. The van der Waals surface area contributed by atoms with E-state index in [-0.39, 0.29) is 12.1 Å². The van der Waals surface area contributed by atoms with Gasteiger partial charge in [0.05, 0.1) is 5.56 Å². The van der Waals surface area contributed by atoms with Crippen molar-refractivity contribution < 1.29 is 65.9 Å². The summed E-state index contributed by atoms with van der Waals surface area (Å²) in [7, 11) is 0. The van der Waals surface area contributed by atoms with Crippen LogP contribution in [0.3, 0.4) is 0 Å². The first-order valence-electron chi connectivity index (χ1n) is 10.6. The van der Waals surface area contributed by atoms with E-state index in [0.29, 0.717) is 0 Å². The highest BCUT2D eigenvalue weighted by atomic mass is 19.2. The van der Waals surface area contributed by atoms with Gasteiger partial charge in [-0.25, -0.2) is 65.9 Å². The van der Waals surface area contributed by atoms with Crippen LogP contribution >= 0.6 is 0 Å². The van der Waals surface area contributed by atoms with Gasteiger partial charge in [0.2, 0.25) is 0 Å². The zero-order valence-corrected chi connectivity index (χ0v) is 18.9. The second-order valence-corrected chi connectivity index (χ2v) is 8.36. The molecular formula is C26H3F15. The first-order chi connectivity index (χ1) is 19.1. The first-order valence-corrected chi connectivity index (χ1v) is 10.6. The molecule has 5 rings (SSSR count). The van der Waals surface area contributed by atoms with Crippen LogP contribution in [-0.4, -0.2) is 0 Å². The largest absolute Gasteiger partial charge is 0.204 e. The standard InChI is InChI=1S/C26H3F15/c27-5-1-4(2-6(28)16(5)31)9-11-13(21(36)25(40)23(38)19(11)34)10(15-17(32)7(29)3-8(30)18(15)33)14-12(9)20(35)24(39)26(41)22(14)37/h1-3H. The summed E-state index contributed by atoms with van der Waals surface area (Å²) in [5.74, 6) is -38.3. The molecule has 15 heteroatoms. The predicted molar refractivity (Wildman–Crippen MR) is 112 cm³/mol. The Hall–Kier alpha value is -4.43. The maximum absolute atomic E-state index is 15.3. The van der Waals surface area contributed by atoms with E-state index in [1.165, 1.54) is 0 Å². The summed E-state index contributed by atoms with van der Waals surface area (Å²) >= 11 is 0. The molecule has 0 aliphatic rings. The topological polar surface area (TPSA) is 0 Å². The summed E-state index contributed by atoms with van der Waals surface area (Å²) < 4.78 is 219. The molecule has 0 aromatic heterocycles. The summed E-state index contributed by atoms with van der Waals surface area (Å²) in [5, 5.41) is -8.05. The molecule has 0 bridgehead atoms. The average Bonchev–Trinajstić information content (AvgIpc) is 2.93. The van der Waals surface area contributed by atoms with Crippen LogP contribution in [0.2, 0.25) is 0 Å². The molecule has 0 atom stereocenters. The van der Waals surface area contributed by atoms with Crippen molar-refractivity contribution in [3.8, 4) is 22.3 Å². The molecular weight excluding hydrogens is 597 g/mol. The van der Waals surface area contributed by atoms with Crippen molar-refractivity contribution in [1.29, 1.82) is 0 Å². The number of hydrogen-bond acceptors (Lipinski definition) is 0. The van der Waals surface area contributed by atoms with Gasteiger partial charge in [-0.05, 0) is 17.7 Å². The van der Waals surface area contributed by atoms with E-state index in [1.54, 1.807) is 0 Å². The molecule has 0 fully saturated rings. The Balaban J connectivity index is 2.30. The smallest absolute Gasteiger partial charge is 0.198 e. The van der Waals surface area contributed by atoms with E-state index >= 15 is 17.6 Å². The number of hydrogen-bond donors (Lipinski definition) is 0. The van der Waals surface area contributed by atoms with Crippen molar-refractivity contribution in [2.24, 2.45) is 0 Å². The number of fused-ring (bicyclic) bond motifs is 2. The fraction of sp³-hybridized carbons (Fsp3) is 0. The lowest BCUT2D eigenvalue weighted by atomic mass is 9.84. The highest BCUT2D eigenvalue weighted by Crippen LogP contribution is 2.50. The number of benzene rings is 5. The Labute approximate surface area is 215 Å². The molecule has 0 aliphatic carbocycles. The minimum atomic E-state index is -2.82. The highest BCUT2D eigenvalue weighted by molar-refractivity contribution is 6.22. The van der Waals surface area contributed by atoms with Crippen LogP contribution in [0.4, 0.5) is 65.9 Å². The third kappa shape index (κ3) is 3.74. The van der Waals surface area contributed by atoms with Crippen LogP contribution in [0.5, 0.6) is 0 Å². The van der Waals surface area contributed by atoms with Crippen molar-refractivity contribution in [2.75, 3.05) is 0 Å². The molecule has 0 saturated carbocycles. The Kier molecular flexibility index (Phi) is 6.38. The Morgan fingerprint density at radius 2 is 0.537 bits per heavy atom. The van der Waals surface area contributed by atoms with Gasteiger partial charge in [0.25, 0.3) is 0 Å². The van der Waals surface area contributed by atoms with Gasteiger partial charge in [0, 0.05) is 38.7 Å². The summed E-state index contributed by atoms with van der Waals surface area (Å²) in [6.45, 7) is 0. The molecule has 0 radical (unpaired) electrons. The summed E-state index contributed by atoms with van der Waals surface area (Å²) in [5.41, 5.74) is -7.43. The van der Waals surface area contributed by atoms with E-state index in [4.69, 9.17) is 0 Å². The van der Waals surface area contributed by atoms with Crippen LogP contribution in [0.1, 0.15) is 0 Å². The summed E-state index contributed by atoms with van der Waals surface area (Å²) in [4.78, 5) is 0. The Morgan fingerprint density at radius 1 is 0.244 bits per heavy atom. The molecule has 5 aromatic rings. The molecule has 0 amide bonds. The Bertz CT molecular complexity index is 1870. The van der Waals surface area contributed by atoms with Crippen LogP contribution in [0.15, 0.2) is 18.2 Å². The Morgan fingerprint density at radius 3 is 0.878 bits per heavy atom. The van der Waals surface area contributed by atoms with E-state index in [0.717, 1.165) is 0 Å². The monoisotopic (exact) mass is 600 g/mol. The van der Waals surface area contributed by atoms with E-state index in [2.05, 4.69) is 0 Å². The zero-order valence-electron chi connectivity index (χ0n) is 18.9. The number of rotatable bonds is 2. The molecule has 0 heterocycles. The summed E-state index contributed by atoms with van der Waals surface area (Å²) in [6.07, 6.45) is 0. The molecule has 0 aliphatic heterocycles. The molecule has 0 nitrogen and oxygen atoms in total. The molecule has 0 N–H and O–H groups in total. The average molecular weight is 600 g/mol. The fourth-order valence-corrected chi connectivity index (χ4v) is 4.48. The molecule has 0 saturated heterocycles. The molecule has 0 unspecified atom stereocenters. The second kappa shape index (κ2) is 9.31. The highest BCUT2D eigenvalue weighted by Gasteiger charge is 2.36. The minimum absolute atomic E-state index is 0.119. The maximum atomic E-state index is 15.3. The minimum Gasteiger partial charge on any atom is -0.204 e. The molecule has 212 valence electrons. The van der Waals surface area contributed by atoms with E-state index < -0.39 is 137 Å². The van der Waals surface area contributed by atoms with Gasteiger partial charge in [-0.3, -0.25) is 0 Å². The second-order valence-electron chi connectivity index (χ2n) is 8.36. The van der Waals surface area contributed by atoms with Gasteiger partial charge in [-0.2, -0.15) is 0 Å². The first kappa shape index (κ1) is 28.1. The fourth-order valence-electron chi connectivity index (χ4n) is 4.48. The molecule has 41 heavy (non-hydrogen) atoms. The molecule has 5 aromatic carbocycles. The van der Waals surface area contributed by atoms with Crippen LogP contribution < -0.4 is 0 Å². The third-order valence-electron chi connectivity index (χ3n) is 6.17. The SMILES string of the molecule is Fc1cc(-c2c3c(F)c(F)c(F)c(F)c3c(-c3c(F)c(F)cc(F)c3F)c3c(F)c(F)c(F)c(F)c23)cc(F)c1F. The maximum Gasteiger partial charge on any atom is 0.198 e. The van der Waals surface area contributed by atoms with Gasteiger partial charge in [0.1, 0.15) is 0 Å². The predicted octanol–water partition coefficient (Wildman–Crippen LogP) is 9.41. The lowest BCUT2D eigenvalue weighted by Gasteiger charge is -2.21. The van der Waals surface area contributed by atoms with Crippen molar-refractivity contribution in [1.82, 2.24) is 0 Å². The van der Waals surface area contributed by atoms with Crippen LogP contribution in [0.25, 0.3) is 43.8 Å². The van der Waals surface area contributed by atoms with Gasteiger partial charge < -0.3 is 0 Å². The lowest BCUT2D eigenvalue weighted by Crippen LogP contribution is -2.09. The quantitative estimate of drug-likeness (QED) is 0.0820. The van der Waals surface area contributed by atoms with Crippen molar-refractivity contribution in [2.45, 2.75) is 0 Å². The van der Waals surface area contributed by atoms with E-state index in [1.807, 2.05) is 0 Å². The molecule has 0 spiro atoms. The van der Waals surface area contributed by atoms with Gasteiger partial charge in [0.15, 0.2) is 87.3 Å². The van der Waals surface area contributed by atoms with Gasteiger partial charge in [-0.15, -0.1) is 0 Å². The van der Waals surface area contributed by atoms with Crippen molar-refractivity contribution in [3.05, 3.63) is 105 Å². The third-order valence-corrected chi connectivity index (χ3v) is 6.17. The van der Waals surface area contributed by atoms with Crippen molar-refractivity contribution in [3.63, 3.8) is 0 Å². The van der Waals surface area contributed by atoms with E-state index in [9.17, 15) is 48.3 Å². The van der Waals surface area contributed by atoms with Crippen LogP contribution in [-0.2, 0) is 0 Å². The number of halogens is 15.